The van der Waals surface area contributed by atoms with Crippen LogP contribution in [0, 0.1) is 27.6 Å². The Hall–Kier alpha value is -7.11. The van der Waals surface area contributed by atoms with E-state index >= 15 is 0 Å². The number of aromatic nitrogens is 6. The molecular formula is C32H24F3N9O6. The van der Waals surface area contributed by atoms with Crippen LogP contribution in [0.15, 0.2) is 97.8 Å². The molecule has 0 radical (unpaired) electrons. The maximum Gasteiger partial charge on any atom is 0.307 e. The monoisotopic (exact) mass is 687 g/mol. The average molecular weight is 688 g/mol. The summed E-state index contributed by atoms with van der Waals surface area (Å²) in [6.07, 6.45) is 9.42. The van der Waals surface area contributed by atoms with Crippen LogP contribution in [0.4, 0.5) is 24.5 Å². The fourth-order valence-corrected chi connectivity index (χ4v) is 4.33. The fraction of sp³-hybridized carbons (Fsp3) is 0.0625. The SMILES string of the molecule is CN1C(=O)c2nn(-c3cccnc3)cc2Oc2cc(F)ccc21.CNC(=O)c1nn(-c2cccnc2)cc1O.O=[N+]([O-])c1cc(F)ccc1F. The molecule has 2 amide bonds. The van der Waals surface area contributed by atoms with Crippen LogP contribution in [0.3, 0.4) is 0 Å². The summed E-state index contributed by atoms with van der Waals surface area (Å²) >= 11 is 0. The lowest BCUT2D eigenvalue weighted by atomic mass is 10.2. The molecule has 0 fully saturated rings. The van der Waals surface area contributed by atoms with Crippen molar-refractivity contribution in [2.45, 2.75) is 0 Å². The van der Waals surface area contributed by atoms with Gasteiger partial charge in [-0.15, -0.1) is 0 Å². The number of nitro benzene ring substituents is 1. The first kappa shape index (κ1) is 34.2. The van der Waals surface area contributed by atoms with Crippen LogP contribution in [-0.2, 0) is 0 Å². The number of halogens is 3. The summed E-state index contributed by atoms with van der Waals surface area (Å²) in [4.78, 5) is 42.2. The maximum absolute atomic E-state index is 13.5. The van der Waals surface area contributed by atoms with Gasteiger partial charge in [-0.05, 0) is 48.5 Å². The molecular weight excluding hydrogens is 663 g/mol. The lowest BCUT2D eigenvalue weighted by Crippen LogP contribution is -2.26. The number of amides is 2. The molecule has 7 rings (SSSR count). The topological polar surface area (TPSA) is 183 Å². The number of carbonyl (C=O) groups is 2. The normalized spacial score (nSPS) is 11.4. The van der Waals surface area contributed by atoms with E-state index in [1.807, 2.05) is 0 Å². The van der Waals surface area contributed by atoms with Crippen LogP contribution in [0.25, 0.3) is 11.4 Å². The zero-order valence-corrected chi connectivity index (χ0v) is 25.9. The molecule has 0 saturated carbocycles. The van der Waals surface area contributed by atoms with Gasteiger partial charge in [-0.3, -0.25) is 29.7 Å². The van der Waals surface area contributed by atoms with Gasteiger partial charge in [0.25, 0.3) is 11.8 Å². The molecule has 0 unspecified atom stereocenters. The predicted octanol–water partition coefficient (Wildman–Crippen LogP) is 4.99. The average Bonchev–Trinajstić information content (AvgIpc) is 3.71. The van der Waals surface area contributed by atoms with Crippen molar-refractivity contribution >= 4 is 23.2 Å². The van der Waals surface area contributed by atoms with Gasteiger partial charge in [-0.2, -0.15) is 14.6 Å². The van der Waals surface area contributed by atoms with Crippen molar-refractivity contribution in [2.24, 2.45) is 0 Å². The van der Waals surface area contributed by atoms with Crippen LogP contribution in [0.1, 0.15) is 21.0 Å². The number of aromatic hydroxyl groups is 1. The first-order chi connectivity index (χ1) is 24.0. The lowest BCUT2D eigenvalue weighted by molar-refractivity contribution is -0.387. The van der Waals surface area contributed by atoms with Gasteiger partial charge < -0.3 is 20.1 Å². The molecule has 2 aromatic carbocycles. The zero-order chi connectivity index (χ0) is 35.9. The molecule has 1 aliphatic heterocycles. The second kappa shape index (κ2) is 14.8. The summed E-state index contributed by atoms with van der Waals surface area (Å²) < 4.78 is 46.8. The van der Waals surface area contributed by atoms with E-state index < -0.39 is 34.0 Å². The van der Waals surface area contributed by atoms with Gasteiger partial charge in [0.2, 0.25) is 5.82 Å². The number of nitrogens with zero attached hydrogens (tertiary/aromatic N) is 8. The predicted molar refractivity (Wildman–Crippen MR) is 170 cm³/mol. The first-order valence-corrected chi connectivity index (χ1v) is 14.2. The van der Waals surface area contributed by atoms with Crippen LogP contribution < -0.4 is 15.0 Å². The maximum atomic E-state index is 13.5. The third-order valence-corrected chi connectivity index (χ3v) is 6.75. The van der Waals surface area contributed by atoms with E-state index in [0.29, 0.717) is 29.2 Å². The van der Waals surface area contributed by atoms with Crippen molar-refractivity contribution in [1.29, 1.82) is 0 Å². The van der Waals surface area contributed by atoms with Gasteiger partial charge in [0.1, 0.15) is 11.6 Å². The minimum absolute atomic E-state index is 0.00801. The smallest absolute Gasteiger partial charge is 0.307 e. The third kappa shape index (κ3) is 7.54. The highest BCUT2D eigenvalue weighted by molar-refractivity contribution is 6.08. The number of carbonyl (C=O) groups excluding carboxylic acids is 2. The van der Waals surface area contributed by atoms with Crippen molar-refractivity contribution < 1.29 is 37.5 Å². The zero-order valence-electron chi connectivity index (χ0n) is 25.9. The van der Waals surface area contributed by atoms with Gasteiger partial charge in [0.15, 0.2) is 28.6 Å². The van der Waals surface area contributed by atoms with Crippen LogP contribution in [0.2, 0.25) is 0 Å². The highest BCUT2D eigenvalue weighted by atomic mass is 19.1. The van der Waals surface area contributed by atoms with E-state index in [1.54, 1.807) is 62.3 Å². The second-order valence-electron chi connectivity index (χ2n) is 10.0. The number of ether oxygens (including phenoxy) is 1. The molecule has 5 heterocycles. The van der Waals surface area contributed by atoms with Crippen molar-refractivity contribution in [2.75, 3.05) is 19.0 Å². The summed E-state index contributed by atoms with van der Waals surface area (Å²) in [6, 6.07) is 13.2. The molecule has 2 N–H and O–H groups in total. The first-order valence-electron chi connectivity index (χ1n) is 14.2. The summed E-state index contributed by atoms with van der Waals surface area (Å²) in [6.45, 7) is 0. The Morgan fingerprint density at radius 1 is 0.900 bits per heavy atom. The standard InChI is InChI=1S/C16H11FN4O2.C10H10N4O2.C6H3F2NO2/c1-20-12-5-4-10(17)7-13(12)23-14-9-21(19-15(14)16(20)22)11-3-2-6-18-8-11;1-11-10(16)9-8(15)6-14(13-9)7-3-2-4-12-5-7;7-4-1-2-5(8)6(3-4)9(10)11/h2-9H,1H3;2-6,15H,1H3,(H,11,16);1-3H. The van der Waals surface area contributed by atoms with Gasteiger partial charge in [-0.1, -0.05) is 0 Å². The minimum Gasteiger partial charge on any atom is -0.504 e. The molecule has 0 bridgehead atoms. The Kier molecular flexibility index (Phi) is 10.1. The number of hydrogen-bond donors (Lipinski definition) is 2. The summed E-state index contributed by atoms with van der Waals surface area (Å²) in [7, 11) is 3.07. The molecule has 18 heteroatoms. The number of rotatable bonds is 4. The molecule has 0 spiro atoms. The minimum atomic E-state index is -1.03. The van der Waals surface area contributed by atoms with Gasteiger partial charge >= 0.3 is 5.69 Å². The van der Waals surface area contributed by atoms with E-state index in [0.717, 1.165) is 6.07 Å². The second-order valence-corrected chi connectivity index (χ2v) is 10.0. The Balaban J connectivity index is 0.000000157. The quantitative estimate of drug-likeness (QED) is 0.189. The number of hydrogen-bond acceptors (Lipinski definition) is 10. The molecule has 4 aromatic heterocycles. The van der Waals surface area contributed by atoms with Crippen molar-refractivity contribution in [3.8, 4) is 28.6 Å². The summed E-state index contributed by atoms with van der Waals surface area (Å²) in [5, 5.41) is 30.1. The molecule has 0 aliphatic carbocycles. The highest BCUT2D eigenvalue weighted by Crippen LogP contribution is 2.38. The van der Waals surface area contributed by atoms with E-state index in [-0.39, 0.29) is 34.5 Å². The molecule has 254 valence electrons. The summed E-state index contributed by atoms with van der Waals surface area (Å²) in [5.74, 6) is -2.67. The number of anilines is 1. The summed E-state index contributed by atoms with van der Waals surface area (Å²) in [5.41, 5.74) is 1.17. The van der Waals surface area contributed by atoms with Crippen LogP contribution in [0.5, 0.6) is 17.2 Å². The highest BCUT2D eigenvalue weighted by Gasteiger charge is 2.29. The van der Waals surface area contributed by atoms with Gasteiger partial charge in [0.05, 0.1) is 52.8 Å². The van der Waals surface area contributed by atoms with Crippen LogP contribution >= 0.6 is 0 Å². The van der Waals surface area contributed by atoms with E-state index in [9.17, 15) is 38.0 Å². The number of nitro groups is 1. The Bertz CT molecular complexity index is 2180. The van der Waals surface area contributed by atoms with E-state index in [2.05, 4.69) is 25.5 Å². The van der Waals surface area contributed by atoms with E-state index in [1.165, 1.54) is 45.7 Å². The van der Waals surface area contributed by atoms with Crippen molar-refractivity contribution in [3.63, 3.8) is 0 Å². The molecule has 6 aromatic rings. The molecule has 15 nitrogen and oxygen atoms in total. The molecule has 1 aliphatic rings. The Morgan fingerprint density at radius 2 is 1.52 bits per heavy atom. The largest absolute Gasteiger partial charge is 0.504 e. The Morgan fingerprint density at radius 3 is 2.10 bits per heavy atom. The third-order valence-electron chi connectivity index (χ3n) is 6.75. The number of fused-ring (bicyclic) bond motifs is 2. The van der Waals surface area contributed by atoms with Crippen molar-refractivity contribution in [3.05, 3.63) is 137 Å². The van der Waals surface area contributed by atoms with Gasteiger partial charge in [0, 0.05) is 32.6 Å². The molecule has 0 atom stereocenters. The molecule has 0 saturated heterocycles. The lowest BCUT2D eigenvalue weighted by Gasteiger charge is -2.15. The number of pyridine rings is 2. The van der Waals surface area contributed by atoms with E-state index in [4.69, 9.17) is 4.74 Å². The Labute approximate surface area is 280 Å². The molecule has 50 heavy (non-hydrogen) atoms. The number of nitrogens with one attached hydrogen (secondary N) is 1. The number of benzene rings is 2. The van der Waals surface area contributed by atoms with Crippen molar-refractivity contribution in [1.82, 2.24) is 34.8 Å². The van der Waals surface area contributed by atoms with Gasteiger partial charge in [-0.25, -0.2) is 18.1 Å². The fourth-order valence-electron chi connectivity index (χ4n) is 4.33. The van der Waals surface area contributed by atoms with Crippen LogP contribution in [-0.4, -0.2) is 65.5 Å².